The highest BCUT2D eigenvalue weighted by Crippen LogP contribution is 2.29. The summed E-state index contributed by atoms with van der Waals surface area (Å²) in [5.74, 6) is 0.622. The third-order valence-electron chi connectivity index (χ3n) is 4.14. The van der Waals surface area contributed by atoms with E-state index in [0.29, 0.717) is 5.92 Å². The molecule has 0 unspecified atom stereocenters. The predicted molar refractivity (Wildman–Crippen MR) is 83.8 cm³/mol. The van der Waals surface area contributed by atoms with Crippen molar-refractivity contribution in [3.63, 3.8) is 0 Å². The van der Waals surface area contributed by atoms with Crippen LogP contribution in [0.4, 0.5) is 0 Å². The average Bonchev–Trinajstić information content (AvgIpc) is 3.16. The molecule has 4 rings (SSSR count). The normalized spacial score (nSPS) is 16.8. The van der Waals surface area contributed by atoms with E-state index in [9.17, 15) is 0 Å². The van der Waals surface area contributed by atoms with Gasteiger partial charge in [0.15, 0.2) is 0 Å². The zero-order valence-corrected chi connectivity index (χ0v) is 12.1. The molecule has 1 aliphatic heterocycles. The largest absolute Gasteiger partial charge is 0.317 e. The predicted octanol–water partition coefficient (Wildman–Crippen LogP) is 3.55. The maximum Gasteiger partial charge on any atom is 0.0994 e. The molecule has 2 aromatic heterocycles. The van der Waals surface area contributed by atoms with E-state index in [4.69, 9.17) is 0 Å². The van der Waals surface area contributed by atoms with E-state index in [1.54, 1.807) is 11.3 Å². The molecule has 20 heavy (non-hydrogen) atoms. The lowest BCUT2D eigenvalue weighted by molar-refractivity contribution is 0.449. The van der Waals surface area contributed by atoms with Gasteiger partial charge in [0.2, 0.25) is 0 Å². The SMILES string of the molecule is c1cc2cc(-n3cncc3C3CCNCC3)ccc2s1. The van der Waals surface area contributed by atoms with Crippen LogP contribution in [-0.2, 0) is 0 Å². The molecule has 1 aliphatic rings. The first-order chi connectivity index (χ1) is 9.92. The number of fused-ring (bicyclic) bond motifs is 1. The van der Waals surface area contributed by atoms with Gasteiger partial charge in [-0.3, -0.25) is 0 Å². The fourth-order valence-electron chi connectivity index (χ4n) is 3.04. The highest BCUT2D eigenvalue weighted by atomic mass is 32.1. The van der Waals surface area contributed by atoms with Crippen LogP contribution in [-0.4, -0.2) is 22.6 Å². The van der Waals surface area contributed by atoms with Gasteiger partial charge in [-0.2, -0.15) is 0 Å². The zero-order chi connectivity index (χ0) is 13.4. The number of imidazole rings is 1. The Morgan fingerprint density at radius 3 is 3.00 bits per heavy atom. The first-order valence-electron chi connectivity index (χ1n) is 7.12. The minimum atomic E-state index is 0.622. The number of aromatic nitrogens is 2. The molecular weight excluding hydrogens is 266 g/mol. The summed E-state index contributed by atoms with van der Waals surface area (Å²) in [6.45, 7) is 2.22. The van der Waals surface area contributed by atoms with Crippen LogP contribution >= 0.6 is 11.3 Å². The molecular formula is C16H17N3S. The lowest BCUT2D eigenvalue weighted by atomic mass is 9.95. The van der Waals surface area contributed by atoms with Gasteiger partial charge in [-0.15, -0.1) is 11.3 Å². The van der Waals surface area contributed by atoms with Crippen LogP contribution in [0.5, 0.6) is 0 Å². The van der Waals surface area contributed by atoms with Crippen molar-refractivity contribution in [3.8, 4) is 5.69 Å². The zero-order valence-electron chi connectivity index (χ0n) is 11.2. The van der Waals surface area contributed by atoms with E-state index in [2.05, 4.69) is 44.5 Å². The lowest BCUT2D eigenvalue weighted by Crippen LogP contribution is -2.27. The van der Waals surface area contributed by atoms with E-state index < -0.39 is 0 Å². The average molecular weight is 283 g/mol. The summed E-state index contributed by atoms with van der Waals surface area (Å²) in [7, 11) is 0. The topological polar surface area (TPSA) is 29.9 Å². The number of piperidine rings is 1. The maximum absolute atomic E-state index is 4.39. The van der Waals surface area contributed by atoms with Gasteiger partial charge >= 0.3 is 0 Å². The van der Waals surface area contributed by atoms with Gasteiger partial charge in [0.1, 0.15) is 0 Å². The summed E-state index contributed by atoms with van der Waals surface area (Å²) >= 11 is 1.79. The minimum absolute atomic E-state index is 0.622. The van der Waals surface area contributed by atoms with Crippen molar-refractivity contribution in [1.29, 1.82) is 0 Å². The van der Waals surface area contributed by atoms with Crippen molar-refractivity contribution in [2.45, 2.75) is 18.8 Å². The van der Waals surface area contributed by atoms with Gasteiger partial charge in [-0.1, -0.05) is 0 Å². The van der Waals surface area contributed by atoms with Gasteiger partial charge in [0, 0.05) is 28.2 Å². The van der Waals surface area contributed by atoms with Crippen molar-refractivity contribution >= 4 is 21.4 Å². The summed E-state index contributed by atoms with van der Waals surface area (Å²) < 4.78 is 3.60. The van der Waals surface area contributed by atoms with Crippen LogP contribution in [0.15, 0.2) is 42.2 Å². The highest BCUT2D eigenvalue weighted by Gasteiger charge is 2.19. The van der Waals surface area contributed by atoms with Gasteiger partial charge in [0.25, 0.3) is 0 Å². The standard InChI is InChI=1S/C16H17N3S/c1-2-16-13(5-8-20-16)9-14(1)19-11-18-10-15(19)12-3-6-17-7-4-12/h1-2,5,8-12,17H,3-4,6-7H2. The number of benzene rings is 1. The molecule has 0 bridgehead atoms. The van der Waals surface area contributed by atoms with Crippen LogP contribution in [0, 0.1) is 0 Å². The van der Waals surface area contributed by atoms with Crippen molar-refractivity contribution < 1.29 is 0 Å². The molecule has 0 radical (unpaired) electrons. The van der Waals surface area contributed by atoms with Crippen molar-refractivity contribution in [2.75, 3.05) is 13.1 Å². The number of nitrogens with zero attached hydrogens (tertiary/aromatic N) is 2. The van der Waals surface area contributed by atoms with E-state index in [1.807, 2.05) is 12.5 Å². The first-order valence-corrected chi connectivity index (χ1v) is 8.00. The monoisotopic (exact) mass is 283 g/mol. The van der Waals surface area contributed by atoms with Crippen LogP contribution in [0.25, 0.3) is 15.8 Å². The molecule has 3 nitrogen and oxygen atoms in total. The first kappa shape index (κ1) is 12.1. The molecule has 4 heteroatoms. The molecule has 1 saturated heterocycles. The summed E-state index contributed by atoms with van der Waals surface area (Å²) in [4.78, 5) is 4.39. The van der Waals surface area contributed by atoms with Crippen LogP contribution in [0.3, 0.4) is 0 Å². The van der Waals surface area contributed by atoms with Crippen LogP contribution in [0.1, 0.15) is 24.5 Å². The quantitative estimate of drug-likeness (QED) is 0.779. The van der Waals surface area contributed by atoms with E-state index in [-0.39, 0.29) is 0 Å². The molecule has 1 N–H and O–H groups in total. The molecule has 1 aromatic carbocycles. The van der Waals surface area contributed by atoms with E-state index in [0.717, 1.165) is 13.1 Å². The Hall–Kier alpha value is -1.65. The number of hydrogen-bond acceptors (Lipinski definition) is 3. The summed E-state index contributed by atoms with van der Waals surface area (Å²) in [6, 6.07) is 8.86. The molecule has 3 aromatic rings. The number of thiophene rings is 1. The second-order valence-corrected chi connectivity index (χ2v) is 6.30. The van der Waals surface area contributed by atoms with Crippen molar-refractivity contribution in [3.05, 3.63) is 47.9 Å². The van der Waals surface area contributed by atoms with Crippen LogP contribution in [0.2, 0.25) is 0 Å². The Morgan fingerprint density at radius 1 is 1.20 bits per heavy atom. The van der Waals surface area contributed by atoms with Crippen LogP contribution < -0.4 is 5.32 Å². The Bertz CT molecular complexity index is 722. The van der Waals surface area contributed by atoms with Gasteiger partial charge < -0.3 is 9.88 Å². The molecule has 0 amide bonds. The summed E-state index contributed by atoms with van der Waals surface area (Å²) in [6.07, 6.45) is 6.39. The number of nitrogens with one attached hydrogen (secondary N) is 1. The van der Waals surface area contributed by atoms with Crippen molar-refractivity contribution in [2.24, 2.45) is 0 Å². The second kappa shape index (κ2) is 5.04. The molecule has 102 valence electrons. The number of rotatable bonds is 2. The Balaban J connectivity index is 1.75. The van der Waals surface area contributed by atoms with Gasteiger partial charge in [0.05, 0.1) is 6.33 Å². The second-order valence-electron chi connectivity index (χ2n) is 5.36. The van der Waals surface area contributed by atoms with Gasteiger partial charge in [-0.25, -0.2) is 4.98 Å². The maximum atomic E-state index is 4.39. The third-order valence-corrected chi connectivity index (χ3v) is 5.04. The molecule has 0 spiro atoms. The minimum Gasteiger partial charge on any atom is -0.317 e. The fourth-order valence-corrected chi connectivity index (χ4v) is 3.82. The highest BCUT2D eigenvalue weighted by molar-refractivity contribution is 7.17. The Kier molecular flexibility index (Phi) is 3.05. The molecule has 0 atom stereocenters. The third kappa shape index (κ3) is 2.05. The number of hydrogen-bond donors (Lipinski definition) is 1. The summed E-state index contributed by atoms with van der Waals surface area (Å²) in [5, 5.41) is 6.89. The Morgan fingerprint density at radius 2 is 2.10 bits per heavy atom. The summed E-state index contributed by atoms with van der Waals surface area (Å²) in [5.41, 5.74) is 2.57. The lowest BCUT2D eigenvalue weighted by Gasteiger charge is -2.23. The van der Waals surface area contributed by atoms with Crippen molar-refractivity contribution in [1.82, 2.24) is 14.9 Å². The molecule has 3 heterocycles. The molecule has 1 fully saturated rings. The molecule has 0 saturated carbocycles. The Labute approximate surface area is 122 Å². The fraction of sp³-hybridized carbons (Fsp3) is 0.312. The van der Waals surface area contributed by atoms with E-state index in [1.165, 1.54) is 34.3 Å². The molecule has 0 aliphatic carbocycles. The van der Waals surface area contributed by atoms with Gasteiger partial charge in [-0.05, 0) is 61.0 Å². The smallest absolute Gasteiger partial charge is 0.0994 e. The van der Waals surface area contributed by atoms with E-state index >= 15 is 0 Å².